The van der Waals surface area contributed by atoms with Crippen LogP contribution in [0.4, 0.5) is 0 Å². The van der Waals surface area contributed by atoms with Gasteiger partial charge in [-0.2, -0.15) is 0 Å². The molecule has 1 amide bonds. The standard InChI is InChI=1S/C12H16N2O2.ClH/c1-16-11-5-3-2-4-10(11)12(15)14-8-9-6-13-7-9;/h2-5,9,13H,6-8H2,1H3,(H,14,15);1H. The first-order valence-corrected chi connectivity index (χ1v) is 5.43. The third-order valence-electron chi connectivity index (χ3n) is 2.77. The molecule has 0 aromatic heterocycles. The molecule has 5 heteroatoms. The van der Waals surface area contributed by atoms with Crippen LogP contribution in [0.15, 0.2) is 24.3 Å². The summed E-state index contributed by atoms with van der Waals surface area (Å²) in [6.45, 7) is 2.71. The quantitative estimate of drug-likeness (QED) is 0.847. The summed E-state index contributed by atoms with van der Waals surface area (Å²) in [6, 6.07) is 7.25. The Morgan fingerprint density at radius 1 is 1.47 bits per heavy atom. The van der Waals surface area contributed by atoms with Crippen molar-refractivity contribution in [1.82, 2.24) is 10.6 Å². The predicted molar refractivity (Wildman–Crippen MR) is 68.9 cm³/mol. The second kappa shape index (κ2) is 6.47. The number of halogens is 1. The van der Waals surface area contributed by atoms with Gasteiger partial charge in [-0.15, -0.1) is 12.4 Å². The minimum atomic E-state index is -0.0654. The van der Waals surface area contributed by atoms with Crippen molar-refractivity contribution in [3.63, 3.8) is 0 Å². The fraction of sp³-hybridized carbons (Fsp3) is 0.417. The molecular weight excluding hydrogens is 240 g/mol. The highest BCUT2D eigenvalue weighted by Gasteiger charge is 2.18. The highest BCUT2D eigenvalue weighted by molar-refractivity contribution is 5.96. The zero-order valence-corrected chi connectivity index (χ0v) is 10.5. The molecule has 1 aromatic carbocycles. The van der Waals surface area contributed by atoms with Gasteiger partial charge in [-0.05, 0) is 12.1 Å². The van der Waals surface area contributed by atoms with Crippen LogP contribution in [-0.4, -0.2) is 32.7 Å². The summed E-state index contributed by atoms with van der Waals surface area (Å²) in [5.41, 5.74) is 0.595. The van der Waals surface area contributed by atoms with Crippen molar-refractivity contribution in [2.24, 2.45) is 5.92 Å². The second-order valence-corrected chi connectivity index (χ2v) is 3.93. The van der Waals surface area contributed by atoms with E-state index in [0.717, 1.165) is 19.6 Å². The Morgan fingerprint density at radius 2 is 2.18 bits per heavy atom. The molecule has 1 saturated heterocycles. The van der Waals surface area contributed by atoms with Gasteiger partial charge in [0.25, 0.3) is 5.91 Å². The summed E-state index contributed by atoms with van der Waals surface area (Å²) in [4.78, 5) is 11.9. The summed E-state index contributed by atoms with van der Waals surface area (Å²) in [5, 5.41) is 6.09. The van der Waals surface area contributed by atoms with E-state index in [9.17, 15) is 4.79 Å². The number of hydrogen-bond donors (Lipinski definition) is 2. The van der Waals surface area contributed by atoms with Gasteiger partial charge in [0.2, 0.25) is 0 Å². The van der Waals surface area contributed by atoms with E-state index in [2.05, 4.69) is 10.6 Å². The van der Waals surface area contributed by atoms with Gasteiger partial charge in [-0.3, -0.25) is 4.79 Å². The number of rotatable bonds is 4. The molecule has 0 radical (unpaired) electrons. The number of nitrogens with one attached hydrogen (secondary N) is 2. The van der Waals surface area contributed by atoms with Crippen LogP contribution in [-0.2, 0) is 0 Å². The number of hydrogen-bond acceptors (Lipinski definition) is 3. The first kappa shape index (κ1) is 13.8. The highest BCUT2D eigenvalue weighted by atomic mass is 35.5. The largest absolute Gasteiger partial charge is 0.496 e. The molecule has 1 aromatic rings. The normalized spacial score (nSPS) is 14.4. The van der Waals surface area contributed by atoms with Gasteiger partial charge < -0.3 is 15.4 Å². The van der Waals surface area contributed by atoms with Gasteiger partial charge in [0.15, 0.2) is 0 Å². The summed E-state index contributed by atoms with van der Waals surface area (Å²) in [6.07, 6.45) is 0. The zero-order chi connectivity index (χ0) is 11.4. The molecule has 2 N–H and O–H groups in total. The Morgan fingerprint density at radius 3 is 2.76 bits per heavy atom. The van der Waals surface area contributed by atoms with Crippen LogP contribution in [0.25, 0.3) is 0 Å². The molecule has 17 heavy (non-hydrogen) atoms. The molecule has 1 aliphatic rings. The van der Waals surface area contributed by atoms with Crippen LogP contribution in [0.1, 0.15) is 10.4 Å². The molecular formula is C12H17ClN2O2. The van der Waals surface area contributed by atoms with E-state index in [0.29, 0.717) is 17.2 Å². The molecule has 0 atom stereocenters. The van der Waals surface area contributed by atoms with Crippen molar-refractivity contribution in [3.8, 4) is 5.75 Å². The monoisotopic (exact) mass is 256 g/mol. The lowest BCUT2D eigenvalue weighted by molar-refractivity contribution is 0.0939. The Labute approximate surface area is 107 Å². The number of carbonyl (C=O) groups is 1. The number of ether oxygens (including phenoxy) is 1. The Kier molecular flexibility index (Phi) is 5.25. The van der Waals surface area contributed by atoms with E-state index >= 15 is 0 Å². The summed E-state index contributed by atoms with van der Waals surface area (Å²) in [5.74, 6) is 1.12. The lowest BCUT2D eigenvalue weighted by Gasteiger charge is -2.27. The van der Waals surface area contributed by atoms with E-state index in [1.807, 2.05) is 12.1 Å². The molecule has 94 valence electrons. The first-order valence-electron chi connectivity index (χ1n) is 5.43. The van der Waals surface area contributed by atoms with Crippen LogP contribution >= 0.6 is 12.4 Å². The molecule has 1 aliphatic heterocycles. The summed E-state index contributed by atoms with van der Waals surface area (Å²) >= 11 is 0. The number of benzene rings is 1. The van der Waals surface area contributed by atoms with E-state index in [4.69, 9.17) is 4.74 Å². The molecule has 0 aliphatic carbocycles. The molecule has 2 rings (SSSR count). The van der Waals surface area contributed by atoms with Gasteiger partial charge in [0.05, 0.1) is 12.7 Å². The van der Waals surface area contributed by atoms with Gasteiger partial charge in [0, 0.05) is 25.6 Å². The maximum Gasteiger partial charge on any atom is 0.255 e. The molecule has 0 unspecified atom stereocenters. The first-order chi connectivity index (χ1) is 7.81. The third kappa shape index (κ3) is 3.35. The number of amides is 1. The van der Waals surface area contributed by atoms with Gasteiger partial charge in [-0.25, -0.2) is 0 Å². The Hall–Kier alpha value is -1.26. The smallest absolute Gasteiger partial charge is 0.255 e. The molecule has 1 fully saturated rings. The van der Waals surface area contributed by atoms with E-state index in [1.165, 1.54) is 0 Å². The van der Waals surface area contributed by atoms with Crippen molar-refractivity contribution in [2.45, 2.75) is 0 Å². The SMILES string of the molecule is COc1ccccc1C(=O)NCC1CNC1.Cl. The average Bonchev–Trinajstić information content (AvgIpc) is 2.26. The van der Waals surface area contributed by atoms with Gasteiger partial charge >= 0.3 is 0 Å². The summed E-state index contributed by atoms with van der Waals surface area (Å²) < 4.78 is 5.14. The van der Waals surface area contributed by atoms with Gasteiger partial charge in [-0.1, -0.05) is 12.1 Å². The van der Waals surface area contributed by atoms with E-state index in [1.54, 1.807) is 19.2 Å². The third-order valence-corrected chi connectivity index (χ3v) is 2.77. The fourth-order valence-corrected chi connectivity index (χ4v) is 1.66. The Balaban J connectivity index is 0.00000144. The topological polar surface area (TPSA) is 50.4 Å². The molecule has 4 nitrogen and oxygen atoms in total. The van der Waals surface area contributed by atoms with Crippen LogP contribution in [0, 0.1) is 5.92 Å². The van der Waals surface area contributed by atoms with Crippen LogP contribution in [0.3, 0.4) is 0 Å². The van der Waals surface area contributed by atoms with Crippen molar-refractivity contribution in [3.05, 3.63) is 29.8 Å². The van der Waals surface area contributed by atoms with Crippen molar-refractivity contribution in [2.75, 3.05) is 26.7 Å². The minimum Gasteiger partial charge on any atom is -0.496 e. The number of para-hydroxylation sites is 1. The molecule has 1 heterocycles. The highest BCUT2D eigenvalue weighted by Crippen LogP contribution is 2.16. The number of carbonyl (C=O) groups excluding carboxylic acids is 1. The maximum absolute atomic E-state index is 11.9. The van der Waals surface area contributed by atoms with E-state index < -0.39 is 0 Å². The molecule has 0 bridgehead atoms. The van der Waals surface area contributed by atoms with Crippen LogP contribution in [0.2, 0.25) is 0 Å². The predicted octanol–water partition coefficient (Wildman–Crippen LogP) is 1.07. The van der Waals surface area contributed by atoms with Crippen molar-refractivity contribution < 1.29 is 9.53 Å². The molecule has 0 spiro atoms. The average molecular weight is 257 g/mol. The minimum absolute atomic E-state index is 0. The lowest BCUT2D eigenvalue weighted by atomic mass is 10.0. The van der Waals surface area contributed by atoms with E-state index in [-0.39, 0.29) is 18.3 Å². The molecule has 0 saturated carbocycles. The van der Waals surface area contributed by atoms with Crippen molar-refractivity contribution in [1.29, 1.82) is 0 Å². The zero-order valence-electron chi connectivity index (χ0n) is 9.73. The van der Waals surface area contributed by atoms with Crippen LogP contribution in [0.5, 0.6) is 5.75 Å². The second-order valence-electron chi connectivity index (χ2n) is 3.93. The van der Waals surface area contributed by atoms with Crippen LogP contribution < -0.4 is 15.4 Å². The Bertz CT molecular complexity index is 381. The summed E-state index contributed by atoms with van der Waals surface area (Å²) in [7, 11) is 1.57. The van der Waals surface area contributed by atoms with Gasteiger partial charge in [0.1, 0.15) is 5.75 Å². The number of methoxy groups -OCH3 is 1. The lowest BCUT2D eigenvalue weighted by Crippen LogP contribution is -2.48. The fourth-order valence-electron chi connectivity index (χ4n) is 1.66. The maximum atomic E-state index is 11.9. The van der Waals surface area contributed by atoms with Crippen molar-refractivity contribution >= 4 is 18.3 Å².